The summed E-state index contributed by atoms with van der Waals surface area (Å²) in [6.45, 7) is 27.4. The SMILES string of the molecule is CC(C)CCCC(C)CCc1cc2c(c(O)c1CCC(C)CCCC(C)C)C(=O)c1cc(CCC(C)CCCC(C)C)c(CCC(C)CCCC(C)C)c(O)c1C2=O. The van der Waals surface area contributed by atoms with Crippen molar-refractivity contribution < 1.29 is 19.8 Å². The number of fused-ring (bicyclic) bond motifs is 2. The Kier molecular flexibility index (Phi) is 21.1. The van der Waals surface area contributed by atoms with E-state index in [1.165, 1.54) is 51.4 Å². The summed E-state index contributed by atoms with van der Waals surface area (Å²) in [5.74, 6) is 4.16. The van der Waals surface area contributed by atoms with Gasteiger partial charge in [0.1, 0.15) is 11.5 Å². The zero-order chi connectivity index (χ0) is 43.1. The molecular weight excluding hydrogens is 713 g/mol. The average molecular weight is 801 g/mol. The van der Waals surface area contributed by atoms with Gasteiger partial charge in [-0.1, -0.05) is 160 Å². The zero-order valence-corrected chi connectivity index (χ0v) is 39.6. The largest absolute Gasteiger partial charge is 0.507 e. The van der Waals surface area contributed by atoms with Crippen LogP contribution in [-0.2, 0) is 25.7 Å². The summed E-state index contributed by atoms with van der Waals surface area (Å²) in [4.78, 5) is 29.4. The van der Waals surface area contributed by atoms with Crippen molar-refractivity contribution in [1.82, 2.24) is 0 Å². The van der Waals surface area contributed by atoms with Crippen LogP contribution in [0.5, 0.6) is 11.5 Å². The van der Waals surface area contributed by atoms with Crippen LogP contribution in [0.3, 0.4) is 0 Å². The lowest BCUT2D eigenvalue weighted by Gasteiger charge is -2.26. The highest BCUT2D eigenvalue weighted by molar-refractivity contribution is 6.30. The molecule has 0 fully saturated rings. The number of hydrogen-bond donors (Lipinski definition) is 2. The van der Waals surface area contributed by atoms with E-state index in [2.05, 4.69) is 83.1 Å². The zero-order valence-electron chi connectivity index (χ0n) is 39.6. The van der Waals surface area contributed by atoms with Crippen molar-refractivity contribution in [1.29, 1.82) is 0 Å². The van der Waals surface area contributed by atoms with Crippen molar-refractivity contribution in [2.45, 2.75) is 212 Å². The number of rotatable bonds is 28. The van der Waals surface area contributed by atoms with Gasteiger partial charge in [0.15, 0.2) is 11.6 Å². The highest BCUT2D eigenvalue weighted by atomic mass is 16.3. The molecule has 58 heavy (non-hydrogen) atoms. The Bertz CT molecular complexity index is 1460. The van der Waals surface area contributed by atoms with Gasteiger partial charge in [0.2, 0.25) is 0 Å². The van der Waals surface area contributed by atoms with E-state index >= 15 is 0 Å². The third-order valence-electron chi connectivity index (χ3n) is 13.4. The summed E-state index contributed by atoms with van der Waals surface area (Å²) < 4.78 is 0. The fraction of sp³-hybridized carbons (Fsp3) is 0.741. The van der Waals surface area contributed by atoms with Crippen LogP contribution >= 0.6 is 0 Å². The van der Waals surface area contributed by atoms with E-state index in [-0.39, 0.29) is 45.3 Å². The molecule has 328 valence electrons. The molecule has 2 aromatic rings. The molecule has 4 unspecified atom stereocenters. The number of carbonyl (C=O) groups excluding carboxylic acids is 2. The maximum Gasteiger partial charge on any atom is 0.198 e. The van der Waals surface area contributed by atoms with Crippen LogP contribution in [0, 0.1) is 47.3 Å². The number of phenolic OH excluding ortho intramolecular Hbond substituents is 2. The quantitative estimate of drug-likeness (QED) is 0.0767. The predicted octanol–water partition coefficient (Wildman–Crippen LogP) is 15.5. The minimum absolute atomic E-state index is 0.00236. The fourth-order valence-corrected chi connectivity index (χ4v) is 9.28. The predicted molar refractivity (Wildman–Crippen MR) is 248 cm³/mol. The molecular formula is C54H88O4. The molecule has 2 N–H and O–H groups in total. The highest BCUT2D eigenvalue weighted by Gasteiger charge is 2.38. The molecule has 0 spiro atoms. The second-order valence-electron chi connectivity index (χ2n) is 21.1. The summed E-state index contributed by atoms with van der Waals surface area (Å²) in [7, 11) is 0. The first-order valence-corrected chi connectivity index (χ1v) is 24.3. The summed E-state index contributed by atoms with van der Waals surface area (Å²) in [6, 6.07) is 3.86. The van der Waals surface area contributed by atoms with E-state index in [4.69, 9.17) is 0 Å². The van der Waals surface area contributed by atoms with E-state index in [0.717, 1.165) is 86.5 Å². The van der Waals surface area contributed by atoms with Gasteiger partial charge in [-0.05, 0) is 133 Å². The molecule has 1 aliphatic carbocycles. The fourth-order valence-electron chi connectivity index (χ4n) is 9.28. The molecule has 0 heterocycles. The second-order valence-corrected chi connectivity index (χ2v) is 21.1. The first-order valence-electron chi connectivity index (χ1n) is 24.3. The Balaban J connectivity index is 2.04. The molecule has 0 saturated heterocycles. The lowest BCUT2D eigenvalue weighted by molar-refractivity contribution is 0.0973. The number of hydrogen-bond acceptors (Lipinski definition) is 4. The number of benzene rings is 2. The van der Waals surface area contributed by atoms with Crippen molar-refractivity contribution in [3.05, 3.63) is 56.6 Å². The van der Waals surface area contributed by atoms with Crippen LogP contribution in [0.2, 0.25) is 0 Å². The van der Waals surface area contributed by atoms with Gasteiger partial charge in [0, 0.05) is 11.1 Å². The van der Waals surface area contributed by atoms with Crippen LogP contribution < -0.4 is 0 Å². The Labute approximate surface area is 357 Å². The van der Waals surface area contributed by atoms with E-state index < -0.39 is 0 Å². The highest BCUT2D eigenvalue weighted by Crippen LogP contribution is 2.43. The molecule has 4 nitrogen and oxygen atoms in total. The molecule has 0 bridgehead atoms. The van der Waals surface area contributed by atoms with E-state index in [1.54, 1.807) is 0 Å². The molecule has 3 rings (SSSR count). The smallest absolute Gasteiger partial charge is 0.198 e. The first kappa shape index (κ1) is 49.7. The van der Waals surface area contributed by atoms with Gasteiger partial charge in [-0.25, -0.2) is 0 Å². The van der Waals surface area contributed by atoms with Crippen LogP contribution in [-0.4, -0.2) is 21.8 Å². The summed E-state index contributed by atoms with van der Waals surface area (Å²) >= 11 is 0. The van der Waals surface area contributed by atoms with Gasteiger partial charge < -0.3 is 10.2 Å². The molecule has 0 saturated carbocycles. The molecule has 2 aromatic carbocycles. The van der Waals surface area contributed by atoms with Gasteiger partial charge in [-0.15, -0.1) is 0 Å². The molecule has 0 amide bonds. The van der Waals surface area contributed by atoms with Gasteiger partial charge in [-0.2, -0.15) is 0 Å². The Morgan fingerprint density at radius 2 is 0.638 bits per heavy atom. The Hall–Kier alpha value is -2.62. The topological polar surface area (TPSA) is 74.6 Å². The number of aromatic hydroxyl groups is 2. The first-order chi connectivity index (χ1) is 27.4. The van der Waals surface area contributed by atoms with Crippen molar-refractivity contribution in [2.24, 2.45) is 47.3 Å². The second kappa shape index (κ2) is 24.6. The molecule has 0 aliphatic heterocycles. The standard InChI is InChI=1S/C54H88O4/c1-35(2)17-13-21-39(9)25-29-43-33-47-49(51(55)45(43)31-27-41(11)23-15-19-37(5)6)54(58)48-34-44(30-26-40(10)22-14-18-36(3)4)46(52(56)50(48)53(47)57)32-28-42(12)24-16-20-38(7)8/h33-42,55-56H,13-32H2,1-12H3. The van der Waals surface area contributed by atoms with Crippen LogP contribution in [0.15, 0.2) is 12.1 Å². The van der Waals surface area contributed by atoms with Gasteiger partial charge in [-0.3, -0.25) is 9.59 Å². The van der Waals surface area contributed by atoms with Crippen LogP contribution in [0.1, 0.15) is 240 Å². The molecule has 0 radical (unpaired) electrons. The third-order valence-corrected chi connectivity index (χ3v) is 13.4. The van der Waals surface area contributed by atoms with E-state index in [1.807, 2.05) is 12.1 Å². The number of aryl methyl sites for hydroxylation is 2. The monoisotopic (exact) mass is 801 g/mol. The number of ketones is 2. The van der Waals surface area contributed by atoms with Crippen molar-refractivity contribution in [2.75, 3.05) is 0 Å². The lowest BCUT2D eigenvalue weighted by Crippen LogP contribution is -2.24. The lowest BCUT2D eigenvalue weighted by atomic mass is 9.76. The minimum Gasteiger partial charge on any atom is -0.507 e. The number of phenols is 2. The van der Waals surface area contributed by atoms with E-state index in [0.29, 0.717) is 60.2 Å². The molecule has 1 aliphatic rings. The number of carbonyl (C=O) groups is 2. The van der Waals surface area contributed by atoms with Crippen LogP contribution in [0.25, 0.3) is 0 Å². The molecule has 4 heteroatoms. The van der Waals surface area contributed by atoms with Crippen molar-refractivity contribution >= 4 is 11.6 Å². The Morgan fingerprint density at radius 1 is 0.379 bits per heavy atom. The average Bonchev–Trinajstić information content (AvgIpc) is 3.13. The molecule has 4 atom stereocenters. The minimum atomic E-state index is -0.322. The third kappa shape index (κ3) is 15.4. The van der Waals surface area contributed by atoms with Crippen LogP contribution in [0.4, 0.5) is 0 Å². The maximum absolute atomic E-state index is 14.7. The maximum atomic E-state index is 14.7. The molecule has 0 aromatic heterocycles. The summed E-state index contributed by atoms with van der Waals surface area (Å²) in [5, 5.41) is 24.3. The van der Waals surface area contributed by atoms with Crippen molar-refractivity contribution in [3.63, 3.8) is 0 Å². The van der Waals surface area contributed by atoms with Gasteiger partial charge in [0.05, 0.1) is 11.1 Å². The van der Waals surface area contributed by atoms with Gasteiger partial charge >= 0.3 is 0 Å². The van der Waals surface area contributed by atoms with Crippen molar-refractivity contribution in [3.8, 4) is 11.5 Å². The van der Waals surface area contributed by atoms with E-state index in [9.17, 15) is 19.8 Å². The van der Waals surface area contributed by atoms with Gasteiger partial charge in [0.25, 0.3) is 0 Å². The summed E-state index contributed by atoms with van der Waals surface area (Å²) in [5.41, 5.74) is 4.49. The normalized spacial score (nSPS) is 15.1. The summed E-state index contributed by atoms with van der Waals surface area (Å²) in [6.07, 6.45) is 21.0. The Morgan fingerprint density at radius 3 is 0.897 bits per heavy atom.